The highest BCUT2D eigenvalue weighted by molar-refractivity contribution is 5.78. The Labute approximate surface area is 154 Å². The van der Waals surface area contributed by atoms with Crippen LogP contribution in [0, 0.1) is 0 Å². The van der Waals surface area contributed by atoms with Crippen LogP contribution in [-0.2, 0) is 0 Å². The highest BCUT2D eigenvalue weighted by Gasteiger charge is 2.27. The molecule has 1 aliphatic rings. The molecule has 0 radical (unpaired) electrons. The van der Waals surface area contributed by atoms with E-state index in [0.717, 1.165) is 0 Å². The quantitative estimate of drug-likeness (QED) is 0.364. The number of rotatable bonds is 11. The molecule has 0 bridgehead atoms. The first-order valence-electron chi connectivity index (χ1n) is 10.6. The van der Waals surface area contributed by atoms with E-state index in [0.29, 0.717) is 5.92 Å². The molecule has 0 spiro atoms. The van der Waals surface area contributed by atoms with Gasteiger partial charge in [-0.25, -0.2) is 0 Å². The molecule has 0 amide bonds. The maximum absolute atomic E-state index is 2.34. The Kier molecular flexibility index (Phi) is 7.15. The average molecular weight is 335 g/mol. The third-order valence-corrected chi connectivity index (χ3v) is 5.81. The van der Waals surface area contributed by atoms with Gasteiger partial charge in [-0.15, -0.1) is 0 Å². The number of hydrogen-bond acceptors (Lipinski definition) is 0. The molecule has 0 atom stereocenters. The summed E-state index contributed by atoms with van der Waals surface area (Å²) in [5, 5.41) is 0. The van der Waals surface area contributed by atoms with Gasteiger partial charge in [-0.05, 0) is 28.7 Å². The van der Waals surface area contributed by atoms with E-state index in [1.165, 1.54) is 81.8 Å². The monoisotopic (exact) mass is 334 g/mol. The molecule has 3 rings (SSSR count). The fraction of sp³-hybridized carbons (Fsp3) is 0.520. The molecule has 134 valence electrons. The summed E-state index contributed by atoms with van der Waals surface area (Å²) in [4.78, 5) is 0. The lowest BCUT2D eigenvalue weighted by Gasteiger charge is -2.13. The first kappa shape index (κ1) is 18.2. The largest absolute Gasteiger partial charge is 0.0654 e. The van der Waals surface area contributed by atoms with Gasteiger partial charge in [0.05, 0.1) is 0 Å². The number of unbranched alkanes of at least 4 members (excludes halogenated alkanes) is 9. The highest BCUT2D eigenvalue weighted by atomic mass is 14.3. The number of hydrogen-bond donors (Lipinski definition) is 0. The van der Waals surface area contributed by atoms with Gasteiger partial charge in [-0.1, -0.05) is 120 Å². The molecule has 0 aromatic heterocycles. The zero-order chi connectivity index (χ0) is 17.3. The first-order chi connectivity index (χ1) is 12.4. The minimum atomic E-state index is 0.626. The lowest BCUT2D eigenvalue weighted by molar-refractivity contribution is 0.542. The minimum Gasteiger partial charge on any atom is -0.0654 e. The smallest absolute Gasteiger partial charge is 0.0102 e. The predicted octanol–water partition coefficient (Wildman–Crippen LogP) is 8.11. The minimum absolute atomic E-state index is 0.626. The van der Waals surface area contributed by atoms with Gasteiger partial charge in [0.25, 0.3) is 0 Å². The highest BCUT2D eigenvalue weighted by Crippen LogP contribution is 2.46. The molecule has 0 heterocycles. The van der Waals surface area contributed by atoms with Gasteiger partial charge in [-0.3, -0.25) is 0 Å². The zero-order valence-corrected chi connectivity index (χ0v) is 16.0. The van der Waals surface area contributed by atoms with E-state index in [1.807, 2.05) is 0 Å². The first-order valence-corrected chi connectivity index (χ1v) is 10.6. The summed E-state index contributed by atoms with van der Waals surface area (Å²) < 4.78 is 0. The van der Waals surface area contributed by atoms with Crippen molar-refractivity contribution < 1.29 is 0 Å². The van der Waals surface area contributed by atoms with Crippen molar-refractivity contribution in [2.75, 3.05) is 0 Å². The predicted molar refractivity (Wildman–Crippen MR) is 110 cm³/mol. The molecule has 0 aliphatic heterocycles. The van der Waals surface area contributed by atoms with Crippen LogP contribution in [0.3, 0.4) is 0 Å². The van der Waals surface area contributed by atoms with E-state index in [2.05, 4.69) is 55.5 Å². The maximum atomic E-state index is 2.34. The number of benzene rings is 2. The van der Waals surface area contributed by atoms with E-state index in [-0.39, 0.29) is 0 Å². The summed E-state index contributed by atoms with van der Waals surface area (Å²) in [5.41, 5.74) is 6.05. The van der Waals surface area contributed by atoms with Gasteiger partial charge >= 0.3 is 0 Å². The van der Waals surface area contributed by atoms with Crippen molar-refractivity contribution in [3.8, 4) is 11.1 Å². The molecule has 2 aromatic rings. The van der Waals surface area contributed by atoms with E-state index in [4.69, 9.17) is 0 Å². The fourth-order valence-corrected chi connectivity index (χ4v) is 4.41. The second-order valence-corrected chi connectivity index (χ2v) is 7.70. The molecule has 25 heavy (non-hydrogen) atoms. The van der Waals surface area contributed by atoms with Crippen molar-refractivity contribution in [1.82, 2.24) is 0 Å². The fourth-order valence-electron chi connectivity index (χ4n) is 4.41. The van der Waals surface area contributed by atoms with E-state index in [9.17, 15) is 0 Å². The van der Waals surface area contributed by atoms with Crippen LogP contribution < -0.4 is 0 Å². The SMILES string of the molecule is CCCCCCCCCCCCC1c2ccccc2-c2ccccc21. The third-order valence-electron chi connectivity index (χ3n) is 5.81. The Morgan fingerprint density at radius 1 is 0.560 bits per heavy atom. The molecule has 0 fully saturated rings. The summed E-state index contributed by atoms with van der Waals surface area (Å²) in [6.45, 7) is 2.29. The van der Waals surface area contributed by atoms with Gasteiger partial charge in [0.1, 0.15) is 0 Å². The molecule has 0 saturated carbocycles. The summed E-state index contributed by atoms with van der Waals surface area (Å²) >= 11 is 0. The summed E-state index contributed by atoms with van der Waals surface area (Å²) in [6, 6.07) is 18.1. The van der Waals surface area contributed by atoms with Gasteiger partial charge in [0.2, 0.25) is 0 Å². The Bertz CT molecular complexity index is 594. The van der Waals surface area contributed by atoms with Gasteiger partial charge < -0.3 is 0 Å². The molecule has 0 heteroatoms. The van der Waals surface area contributed by atoms with Crippen LogP contribution in [0.4, 0.5) is 0 Å². The second kappa shape index (κ2) is 9.80. The molecular formula is C25H34. The van der Waals surface area contributed by atoms with Crippen molar-refractivity contribution >= 4 is 0 Å². The van der Waals surface area contributed by atoms with E-state index < -0.39 is 0 Å². The molecule has 0 unspecified atom stereocenters. The Hall–Kier alpha value is -1.56. The lowest BCUT2D eigenvalue weighted by atomic mass is 9.91. The average Bonchev–Trinajstić information content (AvgIpc) is 2.97. The molecule has 0 N–H and O–H groups in total. The van der Waals surface area contributed by atoms with Gasteiger partial charge in [-0.2, -0.15) is 0 Å². The van der Waals surface area contributed by atoms with Crippen molar-refractivity contribution in [3.63, 3.8) is 0 Å². The van der Waals surface area contributed by atoms with Crippen molar-refractivity contribution in [3.05, 3.63) is 59.7 Å². The normalized spacial score (nSPS) is 13.0. The van der Waals surface area contributed by atoms with Crippen molar-refractivity contribution in [2.24, 2.45) is 0 Å². The number of fused-ring (bicyclic) bond motifs is 3. The van der Waals surface area contributed by atoms with Crippen molar-refractivity contribution in [2.45, 2.75) is 83.5 Å². The summed E-state index contributed by atoms with van der Waals surface area (Å²) in [6.07, 6.45) is 15.5. The Morgan fingerprint density at radius 3 is 1.52 bits per heavy atom. The molecule has 0 nitrogen and oxygen atoms in total. The van der Waals surface area contributed by atoms with Gasteiger partial charge in [0.15, 0.2) is 0 Å². The lowest BCUT2D eigenvalue weighted by Crippen LogP contribution is -1.96. The van der Waals surface area contributed by atoms with Crippen LogP contribution in [0.5, 0.6) is 0 Å². The standard InChI is InChI=1S/C25H34/c1-2-3-4-5-6-7-8-9-10-11-16-21-22-17-12-14-19-24(22)25-20-15-13-18-23(21)25/h12-15,17-21H,2-11,16H2,1H3. The van der Waals surface area contributed by atoms with E-state index in [1.54, 1.807) is 11.1 Å². The molecule has 1 aliphatic carbocycles. The maximum Gasteiger partial charge on any atom is 0.0102 e. The van der Waals surface area contributed by atoms with Gasteiger partial charge in [0, 0.05) is 5.92 Å². The Morgan fingerprint density at radius 2 is 1.00 bits per heavy atom. The zero-order valence-electron chi connectivity index (χ0n) is 16.0. The van der Waals surface area contributed by atoms with Crippen LogP contribution in [0.1, 0.15) is 94.6 Å². The van der Waals surface area contributed by atoms with E-state index >= 15 is 0 Å². The van der Waals surface area contributed by atoms with Crippen LogP contribution >= 0.6 is 0 Å². The molecular weight excluding hydrogens is 300 g/mol. The van der Waals surface area contributed by atoms with Crippen molar-refractivity contribution in [1.29, 1.82) is 0 Å². The Balaban J connectivity index is 1.40. The topological polar surface area (TPSA) is 0 Å². The van der Waals surface area contributed by atoms with Crippen LogP contribution in [0.25, 0.3) is 11.1 Å². The van der Waals surface area contributed by atoms with Crippen LogP contribution in [-0.4, -0.2) is 0 Å². The molecule has 2 aromatic carbocycles. The summed E-state index contributed by atoms with van der Waals surface area (Å²) in [5.74, 6) is 0.626. The van der Waals surface area contributed by atoms with Crippen LogP contribution in [0.2, 0.25) is 0 Å². The second-order valence-electron chi connectivity index (χ2n) is 7.70. The van der Waals surface area contributed by atoms with Crippen LogP contribution in [0.15, 0.2) is 48.5 Å². The molecule has 0 saturated heterocycles. The summed E-state index contributed by atoms with van der Waals surface area (Å²) in [7, 11) is 0. The third kappa shape index (κ3) is 4.75.